The number of benzene rings is 2. The average Bonchev–Trinajstić information content (AvgIpc) is 3.05. The first-order chi connectivity index (χ1) is 13.5. The standard InChI is InChI=1S/C20H22N4O3S/c1-4-27-17-7-5-6-14(18(17)25)11-21-24-19(26)13-8-9-15-16(10-13)23-20(22-15)28-12(2)3/h5-12,25H,4H2,1-3H3,(H,22,23)(H,24,26)/b21-11-. The Morgan fingerprint density at radius 3 is 2.96 bits per heavy atom. The van der Waals surface area contributed by atoms with Gasteiger partial charge in [-0.25, -0.2) is 10.4 Å². The molecule has 1 amide bonds. The van der Waals surface area contributed by atoms with Crippen LogP contribution in [0.15, 0.2) is 46.7 Å². The highest BCUT2D eigenvalue weighted by Gasteiger charge is 2.10. The molecule has 0 unspecified atom stereocenters. The van der Waals surface area contributed by atoms with Crippen molar-refractivity contribution >= 4 is 34.9 Å². The normalized spacial score (nSPS) is 11.4. The van der Waals surface area contributed by atoms with Crippen molar-refractivity contribution in [2.45, 2.75) is 31.2 Å². The fourth-order valence-corrected chi connectivity index (χ4v) is 3.31. The van der Waals surface area contributed by atoms with Gasteiger partial charge in [0.05, 0.1) is 23.9 Å². The highest BCUT2D eigenvalue weighted by Crippen LogP contribution is 2.28. The number of ether oxygens (including phenoxy) is 1. The highest BCUT2D eigenvalue weighted by atomic mass is 32.2. The molecule has 0 aliphatic heterocycles. The number of aromatic nitrogens is 2. The molecule has 0 saturated heterocycles. The molecule has 0 radical (unpaired) electrons. The van der Waals surface area contributed by atoms with Crippen molar-refractivity contribution in [3.63, 3.8) is 0 Å². The van der Waals surface area contributed by atoms with Crippen molar-refractivity contribution in [3.8, 4) is 11.5 Å². The van der Waals surface area contributed by atoms with Gasteiger partial charge in [-0.15, -0.1) is 0 Å². The van der Waals surface area contributed by atoms with Crippen LogP contribution in [-0.2, 0) is 0 Å². The zero-order chi connectivity index (χ0) is 20.1. The second kappa shape index (κ2) is 8.79. The van der Waals surface area contributed by atoms with E-state index in [1.54, 1.807) is 48.2 Å². The number of rotatable bonds is 7. The van der Waals surface area contributed by atoms with Crippen LogP contribution in [-0.4, -0.2) is 39.1 Å². The largest absolute Gasteiger partial charge is 0.504 e. The molecule has 0 spiro atoms. The van der Waals surface area contributed by atoms with Crippen LogP contribution in [0.2, 0.25) is 0 Å². The topological polar surface area (TPSA) is 99.6 Å². The predicted octanol–water partition coefficient (Wildman–Crippen LogP) is 3.93. The monoisotopic (exact) mass is 398 g/mol. The van der Waals surface area contributed by atoms with E-state index in [4.69, 9.17) is 4.74 Å². The van der Waals surface area contributed by atoms with E-state index in [1.165, 1.54) is 6.21 Å². The van der Waals surface area contributed by atoms with E-state index in [1.807, 2.05) is 6.92 Å². The molecule has 0 atom stereocenters. The number of phenolic OH excluding ortho intramolecular Hbond substituents is 1. The highest BCUT2D eigenvalue weighted by molar-refractivity contribution is 7.99. The number of nitrogens with zero attached hydrogens (tertiary/aromatic N) is 2. The van der Waals surface area contributed by atoms with Crippen LogP contribution in [0.5, 0.6) is 11.5 Å². The molecule has 7 nitrogen and oxygen atoms in total. The average molecular weight is 398 g/mol. The Labute approximate surface area is 167 Å². The quantitative estimate of drug-likeness (QED) is 0.318. The Balaban J connectivity index is 1.71. The van der Waals surface area contributed by atoms with Crippen molar-refractivity contribution in [3.05, 3.63) is 47.5 Å². The second-order valence-electron chi connectivity index (χ2n) is 6.27. The van der Waals surface area contributed by atoms with Crippen molar-refractivity contribution in [2.24, 2.45) is 5.10 Å². The third-order valence-electron chi connectivity index (χ3n) is 3.77. The van der Waals surface area contributed by atoms with Gasteiger partial charge in [0.2, 0.25) is 0 Å². The lowest BCUT2D eigenvalue weighted by Gasteiger charge is -2.07. The van der Waals surface area contributed by atoms with Gasteiger partial charge in [-0.3, -0.25) is 4.79 Å². The number of fused-ring (bicyclic) bond motifs is 1. The first kappa shape index (κ1) is 19.8. The van der Waals surface area contributed by atoms with Gasteiger partial charge in [0, 0.05) is 16.4 Å². The van der Waals surface area contributed by atoms with E-state index in [0.29, 0.717) is 28.7 Å². The van der Waals surface area contributed by atoms with Crippen molar-refractivity contribution in [1.82, 2.24) is 15.4 Å². The summed E-state index contributed by atoms with van der Waals surface area (Å²) in [5.74, 6) is 0.000204. The number of carbonyl (C=O) groups is 1. The number of aromatic amines is 1. The van der Waals surface area contributed by atoms with Gasteiger partial charge in [-0.1, -0.05) is 31.7 Å². The molecule has 3 rings (SSSR count). The summed E-state index contributed by atoms with van der Waals surface area (Å²) in [5.41, 5.74) is 4.98. The number of hydrogen-bond acceptors (Lipinski definition) is 6. The lowest BCUT2D eigenvalue weighted by Crippen LogP contribution is -2.17. The fraction of sp³-hybridized carbons (Fsp3) is 0.250. The van der Waals surface area contributed by atoms with Gasteiger partial charge >= 0.3 is 0 Å². The van der Waals surface area contributed by atoms with Crippen LogP contribution in [0.25, 0.3) is 11.0 Å². The number of hydrogen-bond donors (Lipinski definition) is 3. The lowest BCUT2D eigenvalue weighted by atomic mass is 10.2. The molecule has 0 aliphatic rings. The molecule has 3 aromatic rings. The Bertz CT molecular complexity index is 1010. The smallest absolute Gasteiger partial charge is 0.271 e. The number of hydrazone groups is 1. The minimum Gasteiger partial charge on any atom is -0.504 e. The zero-order valence-corrected chi connectivity index (χ0v) is 16.7. The number of aromatic hydroxyl groups is 1. The summed E-state index contributed by atoms with van der Waals surface area (Å²) in [5, 5.41) is 15.3. The zero-order valence-electron chi connectivity index (χ0n) is 15.9. The van der Waals surface area contributed by atoms with Crippen LogP contribution in [0.1, 0.15) is 36.7 Å². The summed E-state index contributed by atoms with van der Waals surface area (Å²) in [7, 11) is 0. The summed E-state index contributed by atoms with van der Waals surface area (Å²) >= 11 is 1.63. The van der Waals surface area contributed by atoms with E-state index in [0.717, 1.165) is 16.2 Å². The number of amides is 1. The Morgan fingerprint density at radius 1 is 1.39 bits per heavy atom. The number of carbonyl (C=O) groups excluding carboxylic acids is 1. The Hall–Kier alpha value is -3.00. The third-order valence-corrected chi connectivity index (χ3v) is 4.66. The Morgan fingerprint density at radius 2 is 2.21 bits per heavy atom. The molecule has 0 saturated carbocycles. The van der Waals surface area contributed by atoms with E-state index in [2.05, 4.69) is 34.3 Å². The summed E-state index contributed by atoms with van der Waals surface area (Å²) in [6.45, 7) is 6.47. The maximum Gasteiger partial charge on any atom is 0.271 e. The summed E-state index contributed by atoms with van der Waals surface area (Å²) in [6.07, 6.45) is 1.38. The lowest BCUT2D eigenvalue weighted by molar-refractivity contribution is 0.0955. The Kier molecular flexibility index (Phi) is 6.20. The minimum absolute atomic E-state index is 0.0172. The molecular weight excluding hydrogens is 376 g/mol. The van der Waals surface area contributed by atoms with E-state index < -0.39 is 0 Å². The first-order valence-electron chi connectivity index (χ1n) is 8.92. The molecular formula is C20H22N4O3S. The maximum absolute atomic E-state index is 12.4. The molecule has 3 N–H and O–H groups in total. The molecule has 0 aliphatic carbocycles. The van der Waals surface area contributed by atoms with Crippen molar-refractivity contribution in [1.29, 1.82) is 0 Å². The summed E-state index contributed by atoms with van der Waals surface area (Å²) in [6, 6.07) is 10.3. The van der Waals surface area contributed by atoms with Gasteiger partial charge in [0.25, 0.3) is 5.91 Å². The molecule has 146 valence electrons. The SMILES string of the molecule is CCOc1cccc(/C=N\NC(=O)c2ccc3nc(SC(C)C)[nH]c3c2)c1O. The van der Waals surface area contributed by atoms with Crippen molar-refractivity contribution < 1.29 is 14.6 Å². The minimum atomic E-state index is -0.355. The van der Waals surface area contributed by atoms with Gasteiger partial charge < -0.3 is 14.8 Å². The third kappa shape index (κ3) is 4.64. The van der Waals surface area contributed by atoms with E-state index in [-0.39, 0.29) is 11.7 Å². The van der Waals surface area contributed by atoms with Crippen LogP contribution in [0, 0.1) is 0 Å². The van der Waals surface area contributed by atoms with Gasteiger partial charge in [-0.05, 0) is 37.3 Å². The van der Waals surface area contributed by atoms with Crippen LogP contribution in [0.4, 0.5) is 0 Å². The molecule has 0 fully saturated rings. The molecule has 0 bridgehead atoms. The first-order valence-corrected chi connectivity index (χ1v) is 9.80. The predicted molar refractivity (Wildman–Crippen MR) is 111 cm³/mol. The molecule has 2 aromatic carbocycles. The number of thioether (sulfide) groups is 1. The fourth-order valence-electron chi connectivity index (χ4n) is 2.55. The van der Waals surface area contributed by atoms with Crippen molar-refractivity contribution in [2.75, 3.05) is 6.61 Å². The van der Waals surface area contributed by atoms with Gasteiger partial charge in [0.1, 0.15) is 0 Å². The molecule has 8 heteroatoms. The number of H-pyrrole nitrogens is 1. The van der Waals surface area contributed by atoms with Crippen LogP contribution < -0.4 is 10.2 Å². The summed E-state index contributed by atoms with van der Waals surface area (Å²) < 4.78 is 5.33. The number of para-hydroxylation sites is 1. The van der Waals surface area contributed by atoms with Gasteiger partial charge in [0.15, 0.2) is 16.7 Å². The van der Waals surface area contributed by atoms with Crippen LogP contribution >= 0.6 is 11.8 Å². The van der Waals surface area contributed by atoms with E-state index in [9.17, 15) is 9.90 Å². The van der Waals surface area contributed by atoms with E-state index >= 15 is 0 Å². The number of nitrogens with one attached hydrogen (secondary N) is 2. The summed E-state index contributed by atoms with van der Waals surface area (Å²) in [4.78, 5) is 20.1. The van der Waals surface area contributed by atoms with Crippen LogP contribution in [0.3, 0.4) is 0 Å². The second-order valence-corrected chi connectivity index (χ2v) is 7.83. The number of imidazole rings is 1. The number of phenols is 1. The van der Waals surface area contributed by atoms with Gasteiger partial charge in [-0.2, -0.15) is 5.10 Å². The molecule has 1 heterocycles. The maximum atomic E-state index is 12.4. The molecule has 28 heavy (non-hydrogen) atoms. The molecule has 1 aromatic heterocycles.